The summed E-state index contributed by atoms with van der Waals surface area (Å²) in [6.07, 6.45) is 7.82. The topological polar surface area (TPSA) is 69.6 Å². The summed E-state index contributed by atoms with van der Waals surface area (Å²) in [6, 6.07) is 1.97. The molecular weight excluding hydrogens is 377 g/mol. The van der Waals surface area contributed by atoms with E-state index in [1.165, 1.54) is 25.7 Å². The van der Waals surface area contributed by atoms with Gasteiger partial charge in [-0.05, 0) is 47.9 Å². The summed E-state index contributed by atoms with van der Waals surface area (Å²) in [5.41, 5.74) is 8.21. The summed E-state index contributed by atoms with van der Waals surface area (Å²) in [5.74, 6) is 1.83. The fraction of sp³-hybridized carbons (Fsp3) is 0.533. The normalized spacial score (nSPS) is 15.7. The Morgan fingerprint density at radius 1 is 1.33 bits per heavy atom. The zero-order valence-electron chi connectivity index (χ0n) is 12.2. The van der Waals surface area contributed by atoms with Crippen LogP contribution < -0.4 is 5.73 Å². The molecule has 0 amide bonds. The number of aromatic nitrogens is 4. The molecule has 1 saturated carbocycles. The first-order valence-electron chi connectivity index (χ1n) is 7.55. The maximum atomic E-state index is 6.13. The minimum Gasteiger partial charge on any atom is -0.383 e. The number of nitrogen functional groups attached to an aromatic ring is 1. The lowest BCUT2D eigenvalue weighted by Gasteiger charge is -2.14. The molecule has 1 fully saturated rings. The number of rotatable bonds is 4. The van der Waals surface area contributed by atoms with E-state index in [1.807, 2.05) is 10.7 Å². The number of nitrogens with two attached hydrogens (primary N) is 1. The lowest BCUT2D eigenvalue weighted by Crippen LogP contribution is -2.10. The Morgan fingerprint density at radius 2 is 2.10 bits per heavy atom. The van der Waals surface area contributed by atoms with Crippen LogP contribution in [-0.2, 0) is 6.54 Å². The van der Waals surface area contributed by atoms with Crippen LogP contribution in [0.3, 0.4) is 0 Å². The van der Waals surface area contributed by atoms with Crippen LogP contribution in [0.4, 0.5) is 5.82 Å². The molecule has 0 bridgehead atoms. The lowest BCUT2D eigenvalue weighted by molar-refractivity contribution is 0.605. The van der Waals surface area contributed by atoms with Gasteiger partial charge in [0.1, 0.15) is 11.5 Å². The highest BCUT2D eigenvalue weighted by Gasteiger charge is 2.24. The zero-order valence-corrected chi connectivity index (χ0v) is 14.4. The van der Waals surface area contributed by atoms with Crippen LogP contribution in [0.1, 0.15) is 50.6 Å². The number of aryl methyl sites for hydroxylation is 1. The fourth-order valence-corrected chi connectivity index (χ4v) is 3.66. The molecule has 0 aliphatic heterocycles. The van der Waals surface area contributed by atoms with Crippen molar-refractivity contribution in [2.45, 2.75) is 51.5 Å². The van der Waals surface area contributed by atoms with Gasteiger partial charge in [0.05, 0.1) is 9.26 Å². The van der Waals surface area contributed by atoms with E-state index < -0.39 is 0 Å². The molecule has 2 aromatic rings. The van der Waals surface area contributed by atoms with E-state index in [1.54, 1.807) is 6.20 Å². The van der Waals surface area contributed by atoms with E-state index in [9.17, 15) is 0 Å². The van der Waals surface area contributed by atoms with Crippen LogP contribution in [0.15, 0.2) is 12.3 Å². The van der Waals surface area contributed by atoms with Gasteiger partial charge in [-0.3, -0.25) is 4.68 Å². The molecule has 0 radical (unpaired) electrons. The quantitative estimate of drug-likeness (QED) is 0.801. The first-order valence-corrected chi connectivity index (χ1v) is 8.63. The summed E-state index contributed by atoms with van der Waals surface area (Å²) in [7, 11) is 0. The molecule has 0 aromatic carbocycles. The van der Waals surface area contributed by atoms with Crippen molar-refractivity contribution in [3.8, 4) is 11.5 Å². The first kappa shape index (κ1) is 14.7. The van der Waals surface area contributed by atoms with Gasteiger partial charge in [0, 0.05) is 18.7 Å². The SMILES string of the molecule is CCCn1nccc1-c1nc(N)c(I)c(C2CCCC2)n1. The number of nitrogens with zero attached hydrogens (tertiary/aromatic N) is 4. The molecule has 0 spiro atoms. The zero-order chi connectivity index (χ0) is 14.8. The van der Waals surface area contributed by atoms with Gasteiger partial charge >= 0.3 is 0 Å². The second kappa shape index (κ2) is 6.29. The smallest absolute Gasteiger partial charge is 0.180 e. The fourth-order valence-electron chi connectivity index (χ4n) is 2.98. The van der Waals surface area contributed by atoms with E-state index in [2.05, 4.69) is 39.6 Å². The molecule has 0 unspecified atom stereocenters. The highest BCUT2D eigenvalue weighted by Crippen LogP contribution is 2.37. The van der Waals surface area contributed by atoms with Crippen LogP contribution in [0.2, 0.25) is 0 Å². The van der Waals surface area contributed by atoms with Gasteiger partial charge in [-0.1, -0.05) is 19.8 Å². The van der Waals surface area contributed by atoms with Gasteiger partial charge in [-0.25, -0.2) is 9.97 Å². The van der Waals surface area contributed by atoms with Gasteiger partial charge in [-0.15, -0.1) is 0 Å². The maximum absolute atomic E-state index is 6.13. The first-order chi connectivity index (χ1) is 10.2. The summed E-state index contributed by atoms with van der Waals surface area (Å²) < 4.78 is 2.98. The molecule has 1 aliphatic carbocycles. The lowest BCUT2D eigenvalue weighted by atomic mass is 10.0. The molecule has 3 rings (SSSR count). The summed E-state index contributed by atoms with van der Waals surface area (Å²) >= 11 is 2.28. The van der Waals surface area contributed by atoms with Crippen molar-refractivity contribution in [3.05, 3.63) is 21.5 Å². The Kier molecular flexibility index (Phi) is 4.42. The summed E-state index contributed by atoms with van der Waals surface area (Å²) in [5, 5.41) is 4.36. The molecule has 0 atom stereocenters. The molecule has 5 nitrogen and oxygen atoms in total. The van der Waals surface area contributed by atoms with E-state index in [0.717, 1.165) is 27.9 Å². The Hall–Kier alpha value is -1.18. The van der Waals surface area contributed by atoms with Gasteiger partial charge in [0.2, 0.25) is 0 Å². The molecule has 0 saturated heterocycles. The standard InChI is InChI=1S/C15H20IN5/c1-2-9-21-11(7-8-18-21)15-19-13(10-5-3-4-6-10)12(16)14(17)20-15/h7-8,10H,2-6,9H2,1H3,(H2,17,19,20). The average Bonchev–Trinajstić information content (AvgIpc) is 3.13. The van der Waals surface area contributed by atoms with Crippen molar-refractivity contribution < 1.29 is 0 Å². The molecular formula is C15H20IN5. The molecule has 2 heterocycles. The number of anilines is 1. The number of halogens is 1. The third-order valence-corrected chi connectivity index (χ3v) is 5.13. The van der Waals surface area contributed by atoms with Crippen molar-refractivity contribution in [2.75, 3.05) is 5.73 Å². The molecule has 2 N–H and O–H groups in total. The second-order valence-electron chi connectivity index (χ2n) is 5.55. The van der Waals surface area contributed by atoms with E-state index in [0.29, 0.717) is 17.6 Å². The Labute approximate surface area is 138 Å². The van der Waals surface area contributed by atoms with Crippen molar-refractivity contribution in [1.82, 2.24) is 19.7 Å². The van der Waals surface area contributed by atoms with Crippen molar-refractivity contribution in [3.63, 3.8) is 0 Å². The van der Waals surface area contributed by atoms with Crippen molar-refractivity contribution in [2.24, 2.45) is 0 Å². The molecule has 1 aliphatic rings. The number of hydrogen-bond donors (Lipinski definition) is 1. The monoisotopic (exact) mass is 397 g/mol. The highest BCUT2D eigenvalue weighted by atomic mass is 127. The third-order valence-electron chi connectivity index (χ3n) is 4.03. The minimum absolute atomic E-state index is 0.531. The van der Waals surface area contributed by atoms with E-state index in [4.69, 9.17) is 10.7 Å². The van der Waals surface area contributed by atoms with E-state index >= 15 is 0 Å². The second-order valence-corrected chi connectivity index (χ2v) is 6.63. The highest BCUT2D eigenvalue weighted by molar-refractivity contribution is 14.1. The molecule has 21 heavy (non-hydrogen) atoms. The third kappa shape index (κ3) is 2.90. The Morgan fingerprint density at radius 3 is 2.81 bits per heavy atom. The summed E-state index contributed by atoms with van der Waals surface area (Å²) in [4.78, 5) is 9.33. The van der Waals surface area contributed by atoms with Crippen LogP contribution in [0, 0.1) is 3.57 Å². The van der Waals surface area contributed by atoms with Crippen molar-refractivity contribution in [1.29, 1.82) is 0 Å². The maximum Gasteiger partial charge on any atom is 0.180 e. The van der Waals surface area contributed by atoms with Gasteiger partial charge in [-0.2, -0.15) is 5.10 Å². The van der Waals surface area contributed by atoms with Gasteiger partial charge in [0.15, 0.2) is 5.82 Å². The van der Waals surface area contributed by atoms with Crippen LogP contribution in [0.5, 0.6) is 0 Å². The van der Waals surface area contributed by atoms with Crippen LogP contribution >= 0.6 is 22.6 Å². The van der Waals surface area contributed by atoms with Gasteiger partial charge < -0.3 is 5.73 Å². The Balaban J connectivity index is 2.04. The summed E-state index contributed by atoms with van der Waals surface area (Å²) in [6.45, 7) is 3.01. The van der Waals surface area contributed by atoms with Crippen LogP contribution in [-0.4, -0.2) is 19.7 Å². The molecule has 2 aromatic heterocycles. The molecule has 112 valence electrons. The van der Waals surface area contributed by atoms with Crippen LogP contribution in [0.25, 0.3) is 11.5 Å². The van der Waals surface area contributed by atoms with Gasteiger partial charge in [0.25, 0.3) is 0 Å². The van der Waals surface area contributed by atoms with E-state index in [-0.39, 0.29) is 0 Å². The number of hydrogen-bond acceptors (Lipinski definition) is 4. The average molecular weight is 397 g/mol. The Bertz CT molecular complexity index is 631. The molecule has 6 heteroatoms. The predicted molar refractivity (Wildman–Crippen MR) is 91.9 cm³/mol. The van der Waals surface area contributed by atoms with Crippen molar-refractivity contribution >= 4 is 28.4 Å². The minimum atomic E-state index is 0.531. The predicted octanol–water partition coefficient (Wildman–Crippen LogP) is 3.59. The largest absolute Gasteiger partial charge is 0.383 e.